The van der Waals surface area contributed by atoms with Gasteiger partial charge in [0.2, 0.25) is 5.82 Å². The Bertz CT molecular complexity index is 2070. The highest BCUT2D eigenvalue weighted by atomic mass is 79.9. The van der Waals surface area contributed by atoms with E-state index in [0.717, 1.165) is 15.4 Å². The summed E-state index contributed by atoms with van der Waals surface area (Å²) in [5.74, 6) is 1.29. The van der Waals surface area contributed by atoms with Crippen LogP contribution in [0.3, 0.4) is 0 Å². The summed E-state index contributed by atoms with van der Waals surface area (Å²) in [5, 5.41) is 8.50. The summed E-state index contributed by atoms with van der Waals surface area (Å²) in [6.45, 7) is 1.75. The summed E-state index contributed by atoms with van der Waals surface area (Å²) in [6.07, 6.45) is 1.49. The average molecular weight is 637 g/mol. The van der Waals surface area contributed by atoms with Crippen LogP contribution < -0.4 is 20.3 Å². The number of aromatic nitrogens is 2. The Morgan fingerprint density at radius 3 is 2.63 bits per heavy atom. The van der Waals surface area contributed by atoms with Gasteiger partial charge in [-0.2, -0.15) is 9.78 Å². The van der Waals surface area contributed by atoms with Crippen molar-refractivity contribution >= 4 is 55.6 Å². The number of rotatable bonds is 8. The number of hydrogen-bond donors (Lipinski definition) is 1. The van der Waals surface area contributed by atoms with Crippen molar-refractivity contribution < 1.29 is 18.7 Å². The first-order valence-corrected chi connectivity index (χ1v) is 14.1. The molecular formula is C33H25BrN4O5. The van der Waals surface area contributed by atoms with Gasteiger partial charge >= 0.3 is 0 Å². The van der Waals surface area contributed by atoms with Crippen molar-refractivity contribution in [1.29, 1.82) is 0 Å². The van der Waals surface area contributed by atoms with E-state index in [1.54, 1.807) is 49.6 Å². The third-order valence-electron chi connectivity index (χ3n) is 6.69. The molecule has 10 heteroatoms. The van der Waals surface area contributed by atoms with Gasteiger partial charge in [0, 0.05) is 15.7 Å². The van der Waals surface area contributed by atoms with Crippen LogP contribution in [0.1, 0.15) is 11.1 Å². The number of fused-ring (bicyclic) bond motifs is 2. The fourth-order valence-corrected chi connectivity index (χ4v) is 4.94. The molecule has 43 heavy (non-hydrogen) atoms. The molecule has 0 unspecified atom stereocenters. The average Bonchev–Trinajstić information content (AvgIpc) is 3.46. The minimum Gasteiger partial charge on any atom is -0.496 e. The Hall–Kier alpha value is -5.22. The molecule has 0 saturated carbocycles. The first-order chi connectivity index (χ1) is 20.9. The number of furan rings is 1. The second-order valence-electron chi connectivity index (χ2n) is 9.68. The summed E-state index contributed by atoms with van der Waals surface area (Å²) in [4.78, 5) is 31.0. The van der Waals surface area contributed by atoms with Gasteiger partial charge in [0.1, 0.15) is 17.1 Å². The van der Waals surface area contributed by atoms with Crippen molar-refractivity contribution in [1.82, 2.24) is 9.66 Å². The molecule has 6 aromatic rings. The number of anilines is 1. The normalized spacial score (nSPS) is 11.3. The summed E-state index contributed by atoms with van der Waals surface area (Å²) in [6, 6.07) is 27.1. The van der Waals surface area contributed by atoms with Crippen molar-refractivity contribution in [3.05, 3.63) is 117 Å². The van der Waals surface area contributed by atoms with Crippen LogP contribution in [0.25, 0.3) is 33.5 Å². The zero-order chi connectivity index (χ0) is 29.9. The minimum atomic E-state index is -0.376. The highest BCUT2D eigenvalue weighted by Crippen LogP contribution is 2.33. The summed E-state index contributed by atoms with van der Waals surface area (Å²) < 4.78 is 19.4. The minimum absolute atomic E-state index is 0.216. The van der Waals surface area contributed by atoms with E-state index < -0.39 is 0 Å². The van der Waals surface area contributed by atoms with E-state index in [4.69, 9.17) is 18.9 Å². The molecule has 9 nitrogen and oxygen atoms in total. The molecule has 0 aliphatic carbocycles. The van der Waals surface area contributed by atoms with Gasteiger partial charge in [0.05, 0.1) is 29.6 Å². The Kier molecular flexibility index (Phi) is 7.76. The van der Waals surface area contributed by atoms with Gasteiger partial charge in [-0.1, -0.05) is 51.8 Å². The number of para-hydroxylation sites is 1. The predicted octanol–water partition coefficient (Wildman–Crippen LogP) is 6.79. The lowest BCUT2D eigenvalue weighted by Gasteiger charge is -2.11. The second-order valence-corrected chi connectivity index (χ2v) is 10.6. The molecule has 0 aliphatic heterocycles. The molecule has 0 spiro atoms. The quantitative estimate of drug-likeness (QED) is 0.184. The number of amides is 1. The van der Waals surface area contributed by atoms with Crippen molar-refractivity contribution in [3.8, 4) is 23.1 Å². The topological polar surface area (TPSA) is 108 Å². The number of nitrogens with zero attached hydrogens (tertiary/aromatic N) is 3. The Labute approximate surface area is 254 Å². The molecule has 0 radical (unpaired) electrons. The van der Waals surface area contributed by atoms with Gasteiger partial charge in [-0.05, 0) is 67.6 Å². The number of methoxy groups -OCH3 is 1. The van der Waals surface area contributed by atoms with Crippen molar-refractivity contribution in [2.45, 2.75) is 6.92 Å². The van der Waals surface area contributed by atoms with Gasteiger partial charge in [-0.25, -0.2) is 4.98 Å². The maximum absolute atomic E-state index is 13.7. The molecule has 214 valence electrons. The van der Waals surface area contributed by atoms with E-state index in [1.165, 1.54) is 10.9 Å². The number of aryl methyl sites for hydroxylation is 1. The number of hydrogen-bond acceptors (Lipinski definition) is 7. The molecule has 0 saturated heterocycles. The van der Waals surface area contributed by atoms with Crippen molar-refractivity contribution in [3.63, 3.8) is 0 Å². The zero-order valence-corrected chi connectivity index (χ0v) is 24.8. The lowest BCUT2D eigenvalue weighted by Crippen LogP contribution is -2.21. The van der Waals surface area contributed by atoms with Gasteiger partial charge < -0.3 is 19.2 Å². The number of benzene rings is 4. The van der Waals surface area contributed by atoms with Crippen LogP contribution >= 0.6 is 15.9 Å². The predicted molar refractivity (Wildman–Crippen MR) is 170 cm³/mol. The SMILES string of the molecule is COc1cccc2oc(-c3nc4ccccc4c(=O)n3N=Cc3cc(Br)ccc3OCC(=O)Nc3ccc(C)cc3)cc12. The third-order valence-corrected chi connectivity index (χ3v) is 7.19. The van der Waals surface area contributed by atoms with Crippen LogP contribution in [0.2, 0.25) is 0 Å². The number of ether oxygens (including phenoxy) is 2. The molecule has 0 aliphatic rings. The van der Waals surface area contributed by atoms with Gasteiger partial charge in [0.25, 0.3) is 11.5 Å². The lowest BCUT2D eigenvalue weighted by atomic mass is 10.2. The Balaban J connectivity index is 1.36. The smallest absolute Gasteiger partial charge is 0.282 e. The van der Waals surface area contributed by atoms with Crippen molar-refractivity contribution in [2.75, 3.05) is 19.0 Å². The fraction of sp³-hybridized carbons (Fsp3) is 0.0909. The van der Waals surface area contributed by atoms with E-state index in [-0.39, 0.29) is 23.9 Å². The summed E-state index contributed by atoms with van der Waals surface area (Å²) in [7, 11) is 1.58. The summed E-state index contributed by atoms with van der Waals surface area (Å²) in [5.41, 5.74) is 3.02. The molecule has 0 atom stereocenters. The number of halogens is 1. The molecule has 0 fully saturated rings. The fourth-order valence-electron chi connectivity index (χ4n) is 4.56. The molecule has 6 rings (SSSR count). The Morgan fingerprint density at radius 2 is 1.81 bits per heavy atom. The van der Waals surface area contributed by atoms with E-state index in [1.807, 2.05) is 55.5 Å². The van der Waals surface area contributed by atoms with Crippen LogP contribution in [-0.4, -0.2) is 35.5 Å². The summed E-state index contributed by atoms with van der Waals surface area (Å²) >= 11 is 3.48. The monoisotopic (exact) mass is 636 g/mol. The van der Waals surface area contributed by atoms with Gasteiger partial charge in [-0.3, -0.25) is 9.59 Å². The van der Waals surface area contributed by atoms with Gasteiger partial charge in [-0.15, -0.1) is 0 Å². The molecule has 1 N–H and O–H groups in total. The molecular weight excluding hydrogens is 612 g/mol. The van der Waals surface area contributed by atoms with Crippen LogP contribution in [0.5, 0.6) is 11.5 Å². The maximum Gasteiger partial charge on any atom is 0.282 e. The highest BCUT2D eigenvalue weighted by Gasteiger charge is 2.18. The molecule has 4 aromatic carbocycles. The van der Waals surface area contributed by atoms with Crippen molar-refractivity contribution in [2.24, 2.45) is 5.10 Å². The van der Waals surface area contributed by atoms with E-state index in [0.29, 0.717) is 45.0 Å². The maximum atomic E-state index is 13.7. The van der Waals surface area contributed by atoms with E-state index >= 15 is 0 Å². The Morgan fingerprint density at radius 1 is 1.00 bits per heavy atom. The number of carbonyl (C=O) groups excluding carboxylic acids is 1. The van der Waals surface area contributed by atoms with Gasteiger partial charge in [0.15, 0.2) is 12.4 Å². The largest absolute Gasteiger partial charge is 0.496 e. The highest BCUT2D eigenvalue weighted by molar-refractivity contribution is 9.10. The first-order valence-electron chi connectivity index (χ1n) is 13.3. The van der Waals surface area contributed by atoms with Crippen LogP contribution in [0, 0.1) is 6.92 Å². The zero-order valence-electron chi connectivity index (χ0n) is 23.2. The molecule has 2 aromatic heterocycles. The number of nitrogens with one attached hydrogen (secondary N) is 1. The second kappa shape index (κ2) is 11.9. The third kappa shape index (κ3) is 5.91. The number of carbonyl (C=O) groups is 1. The van der Waals surface area contributed by atoms with Crippen LogP contribution in [0.15, 0.2) is 110 Å². The first kappa shape index (κ1) is 27.9. The standard InChI is InChI=1S/C33H25BrN4O5/c1-20-10-13-23(14-11-20)36-31(39)19-42-27-15-12-22(34)16-21(27)18-35-38-32(37-26-7-4-3-6-24(26)33(38)40)30-17-25-28(41-2)8-5-9-29(25)43-30/h3-18H,19H2,1-2H3,(H,36,39). The molecule has 0 bridgehead atoms. The molecule has 1 amide bonds. The van der Waals surface area contributed by atoms with E-state index in [9.17, 15) is 9.59 Å². The van der Waals surface area contributed by atoms with Crippen LogP contribution in [0.4, 0.5) is 5.69 Å². The molecule has 2 heterocycles. The van der Waals surface area contributed by atoms with E-state index in [2.05, 4.69) is 26.3 Å². The van der Waals surface area contributed by atoms with Crippen LogP contribution in [-0.2, 0) is 4.79 Å². The lowest BCUT2D eigenvalue weighted by molar-refractivity contribution is -0.118.